The van der Waals surface area contributed by atoms with E-state index in [4.69, 9.17) is 0 Å². The third-order valence-corrected chi connectivity index (χ3v) is 4.61. The van der Waals surface area contributed by atoms with E-state index in [9.17, 15) is 9.59 Å². The molecule has 0 saturated heterocycles. The number of thiazole rings is 1. The zero-order valence-electron chi connectivity index (χ0n) is 13.2. The number of aromatic nitrogens is 2. The lowest BCUT2D eigenvalue weighted by molar-refractivity contribution is -0.115. The monoisotopic (exact) mass is 327 g/mol. The van der Waals surface area contributed by atoms with Crippen molar-refractivity contribution in [1.29, 1.82) is 0 Å². The standard InChI is InChI=1S/C17H17N3O2S/c1-10-4-6-13(7-5-10)8-14(21)19-15-12(3)18-17-20(16(15)22)11(2)9-23-17/h4-7,9H,8H2,1-3H3,(H,19,21). The Hall–Kier alpha value is -2.47. The summed E-state index contributed by atoms with van der Waals surface area (Å²) in [4.78, 5) is 29.9. The molecule has 0 bridgehead atoms. The number of rotatable bonds is 3. The van der Waals surface area contributed by atoms with Crippen LogP contribution in [0, 0.1) is 20.8 Å². The van der Waals surface area contributed by atoms with Gasteiger partial charge in [0.1, 0.15) is 5.69 Å². The fourth-order valence-electron chi connectivity index (χ4n) is 2.40. The molecule has 0 aliphatic carbocycles. The van der Waals surface area contributed by atoms with E-state index in [1.165, 1.54) is 15.7 Å². The molecule has 1 aromatic carbocycles. The molecule has 0 aliphatic rings. The lowest BCUT2D eigenvalue weighted by atomic mass is 10.1. The molecule has 0 spiro atoms. The molecule has 2 heterocycles. The zero-order valence-corrected chi connectivity index (χ0v) is 14.0. The van der Waals surface area contributed by atoms with Gasteiger partial charge in [0, 0.05) is 11.1 Å². The fraction of sp³-hybridized carbons (Fsp3) is 0.235. The van der Waals surface area contributed by atoms with Crippen LogP contribution >= 0.6 is 11.3 Å². The molecule has 0 aliphatic heterocycles. The van der Waals surface area contributed by atoms with Gasteiger partial charge in [-0.25, -0.2) is 4.98 Å². The number of fused-ring (bicyclic) bond motifs is 1. The van der Waals surface area contributed by atoms with Gasteiger partial charge < -0.3 is 5.32 Å². The molecule has 2 aromatic heterocycles. The highest BCUT2D eigenvalue weighted by atomic mass is 32.1. The van der Waals surface area contributed by atoms with Crippen molar-refractivity contribution >= 4 is 27.9 Å². The van der Waals surface area contributed by atoms with Gasteiger partial charge >= 0.3 is 0 Å². The smallest absolute Gasteiger partial charge is 0.282 e. The van der Waals surface area contributed by atoms with E-state index in [1.54, 1.807) is 6.92 Å². The van der Waals surface area contributed by atoms with Crippen molar-refractivity contribution in [3.63, 3.8) is 0 Å². The van der Waals surface area contributed by atoms with Crippen LogP contribution in [-0.2, 0) is 11.2 Å². The second-order valence-electron chi connectivity index (χ2n) is 5.58. The van der Waals surface area contributed by atoms with E-state index < -0.39 is 0 Å². The summed E-state index contributed by atoms with van der Waals surface area (Å²) in [6.45, 7) is 5.58. The minimum atomic E-state index is -0.233. The maximum absolute atomic E-state index is 12.6. The van der Waals surface area contributed by atoms with Crippen molar-refractivity contribution in [3.8, 4) is 0 Å². The average molecular weight is 327 g/mol. The van der Waals surface area contributed by atoms with Crippen LogP contribution in [0.4, 0.5) is 5.69 Å². The summed E-state index contributed by atoms with van der Waals surface area (Å²) in [6.07, 6.45) is 0.227. The highest BCUT2D eigenvalue weighted by molar-refractivity contribution is 7.15. The molecule has 0 fully saturated rings. The summed E-state index contributed by atoms with van der Waals surface area (Å²) < 4.78 is 1.53. The number of carbonyl (C=O) groups excluding carboxylic acids is 1. The lowest BCUT2D eigenvalue weighted by Crippen LogP contribution is -2.25. The minimum absolute atomic E-state index is 0.219. The van der Waals surface area contributed by atoms with E-state index >= 15 is 0 Å². The number of amides is 1. The first-order valence-corrected chi connectivity index (χ1v) is 8.16. The van der Waals surface area contributed by atoms with Crippen molar-refractivity contribution < 1.29 is 4.79 Å². The van der Waals surface area contributed by atoms with E-state index in [2.05, 4.69) is 10.3 Å². The van der Waals surface area contributed by atoms with Crippen molar-refractivity contribution in [2.75, 3.05) is 5.32 Å². The molecule has 6 heteroatoms. The first-order valence-electron chi connectivity index (χ1n) is 7.28. The topological polar surface area (TPSA) is 63.5 Å². The first kappa shape index (κ1) is 15.4. The van der Waals surface area contributed by atoms with Gasteiger partial charge in [-0.3, -0.25) is 14.0 Å². The number of carbonyl (C=O) groups is 1. The Morgan fingerprint density at radius 1 is 1.22 bits per heavy atom. The maximum atomic E-state index is 12.6. The molecule has 3 aromatic rings. The Bertz CT molecular complexity index is 939. The van der Waals surface area contributed by atoms with Gasteiger partial charge in [-0.1, -0.05) is 29.8 Å². The molecule has 3 rings (SSSR count). The van der Waals surface area contributed by atoms with Crippen molar-refractivity contribution in [2.24, 2.45) is 0 Å². The number of aryl methyl sites for hydroxylation is 3. The Morgan fingerprint density at radius 2 is 1.91 bits per heavy atom. The molecular weight excluding hydrogens is 310 g/mol. The van der Waals surface area contributed by atoms with Crippen LogP contribution < -0.4 is 10.9 Å². The molecule has 1 N–H and O–H groups in total. The van der Waals surface area contributed by atoms with Gasteiger partial charge in [0.25, 0.3) is 5.56 Å². The summed E-state index contributed by atoms with van der Waals surface area (Å²) in [5.74, 6) is -0.219. The largest absolute Gasteiger partial charge is 0.320 e. The number of benzene rings is 1. The second-order valence-corrected chi connectivity index (χ2v) is 6.42. The van der Waals surface area contributed by atoms with Gasteiger partial charge in [0.15, 0.2) is 4.96 Å². The first-order chi connectivity index (χ1) is 11.0. The second kappa shape index (κ2) is 5.96. The van der Waals surface area contributed by atoms with Gasteiger partial charge in [-0.05, 0) is 26.3 Å². The fourth-order valence-corrected chi connectivity index (χ4v) is 3.31. The summed E-state index contributed by atoms with van der Waals surface area (Å²) in [7, 11) is 0. The summed E-state index contributed by atoms with van der Waals surface area (Å²) in [5.41, 5.74) is 3.42. The van der Waals surface area contributed by atoms with Gasteiger partial charge in [0.2, 0.25) is 5.91 Å². The van der Waals surface area contributed by atoms with E-state index in [-0.39, 0.29) is 23.6 Å². The average Bonchev–Trinajstić information content (AvgIpc) is 2.87. The van der Waals surface area contributed by atoms with Crippen molar-refractivity contribution in [2.45, 2.75) is 27.2 Å². The number of nitrogens with one attached hydrogen (secondary N) is 1. The maximum Gasteiger partial charge on any atom is 0.282 e. The van der Waals surface area contributed by atoms with Crippen LogP contribution in [0.1, 0.15) is 22.5 Å². The minimum Gasteiger partial charge on any atom is -0.320 e. The molecule has 1 amide bonds. The predicted molar refractivity (Wildman–Crippen MR) is 92.3 cm³/mol. The molecule has 0 atom stereocenters. The quantitative estimate of drug-likeness (QED) is 0.804. The van der Waals surface area contributed by atoms with E-state index in [1.807, 2.05) is 43.5 Å². The summed E-state index contributed by atoms with van der Waals surface area (Å²) >= 11 is 1.41. The van der Waals surface area contributed by atoms with Crippen LogP contribution in [0.2, 0.25) is 0 Å². The molecule has 0 saturated carbocycles. The molecule has 0 radical (unpaired) electrons. The molecule has 5 nitrogen and oxygen atoms in total. The van der Waals surface area contributed by atoms with E-state index in [0.29, 0.717) is 10.7 Å². The Kier molecular flexibility index (Phi) is 4.00. The normalized spacial score (nSPS) is 10.9. The number of nitrogens with zero attached hydrogens (tertiary/aromatic N) is 2. The third-order valence-electron chi connectivity index (χ3n) is 3.67. The summed E-state index contributed by atoms with van der Waals surface area (Å²) in [6, 6.07) is 7.76. The van der Waals surface area contributed by atoms with Gasteiger partial charge in [-0.2, -0.15) is 0 Å². The molecule has 118 valence electrons. The van der Waals surface area contributed by atoms with Crippen LogP contribution in [0.25, 0.3) is 4.96 Å². The van der Waals surface area contributed by atoms with Crippen LogP contribution in [0.15, 0.2) is 34.4 Å². The SMILES string of the molecule is Cc1ccc(CC(=O)Nc2c(C)nc3scc(C)n3c2=O)cc1. The van der Waals surface area contributed by atoms with Crippen LogP contribution in [0.3, 0.4) is 0 Å². The molecule has 0 unspecified atom stereocenters. The van der Waals surface area contributed by atoms with E-state index in [0.717, 1.165) is 16.8 Å². The Labute approximate surface area is 137 Å². The highest BCUT2D eigenvalue weighted by Crippen LogP contribution is 2.16. The predicted octanol–water partition coefficient (Wildman–Crippen LogP) is 2.86. The van der Waals surface area contributed by atoms with Crippen molar-refractivity contribution in [3.05, 3.63) is 62.5 Å². The van der Waals surface area contributed by atoms with Gasteiger partial charge in [0.05, 0.1) is 12.1 Å². The summed E-state index contributed by atoms with van der Waals surface area (Å²) in [5, 5.41) is 4.60. The number of anilines is 1. The van der Waals surface area contributed by atoms with Crippen LogP contribution in [-0.4, -0.2) is 15.3 Å². The van der Waals surface area contributed by atoms with Gasteiger partial charge in [-0.15, -0.1) is 11.3 Å². The third kappa shape index (κ3) is 3.03. The number of hydrogen-bond acceptors (Lipinski definition) is 4. The Balaban J connectivity index is 1.88. The lowest BCUT2D eigenvalue weighted by Gasteiger charge is -2.08. The molecular formula is C17H17N3O2S. The highest BCUT2D eigenvalue weighted by Gasteiger charge is 2.15. The molecule has 23 heavy (non-hydrogen) atoms. The number of hydrogen-bond donors (Lipinski definition) is 1. The van der Waals surface area contributed by atoms with Crippen LogP contribution in [0.5, 0.6) is 0 Å². The van der Waals surface area contributed by atoms with Crippen molar-refractivity contribution in [1.82, 2.24) is 9.38 Å². The zero-order chi connectivity index (χ0) is 16.6. The Morgan fingerprint density at radius 3 is 2.61 bits per heavy atom.